The number of carbonyl (C=O) groups excluding carboxylic acids is 4. The van der Waals surface area contributed by atoms with E-state index in [0.717, 1.165) is 6.54 Å². The second kappa shape index (κ2) is 9.83. The highest BCUT2D eigenvalue weighted by molar-refractivity contribution is 6.01. The highest BCUT2D eigenvalue weighted by atomic mass is 16.7. The number of likely N-dealkylation sites (N-methyl/N-ethyl adjacent to an activating group) is 2. The van der Waals surface area contributed by atoms with Gasteiger partial charge in [0.25, 0.3) is 11.8 Å². The number of unbranched alkanes of at least 4 members (excludes halogenated alkanes) is 1. The first kappa shape index (κ1) is 22.1. The molecule has 0 aromatic rings. The molecule has 2 N–H and O–H groups in total. The Kier molecular flexibility index (Phi) is 7.76. The number of amides is 4. The molecule has 0 aromatic heterocycles. The van der Waals surface area contributed by atoms with Gasteiger partial charge in [0.1, 0.15) is 6.04 Å². The quantitative estimate of drug-likeness (QED) is 0.338. The van der Waals surface area contributed by atoms with Gasteiger partial charge in [-0.15, -0.1) is 5.06 Å². The number of imide groups is 1. The molecule has 2 heterocycles. The first-order valence-corrected chi connectivity index (χ1v) is 9.73. The number of rotatable bonds is 7. The molecule has 0 radical (unpaired) electrons. The number of hydrogen-bond acceptors (Lipinski definition) is 7. The zero-order chi connectivity index (χ0) is 20.8. The van der Waals surface area contributed by atoms with Crippen LogP contribution in [-0.2, 0) is 19.2 Å². The van der Waals surface area contributed by atoms with E-state index >= 15 is 0 Å². The molecule has 0 aromatic carbocycles. The average molecular weight is 407 g/mol. The van der Waals surface area contributed by atoms with E-state index in [9.17, 15) is 19.2 Å². The second-order valence-electron chi connectivity index (χ2n) is 7.53. The molecule has 2 rings (SSSR count). The van der Waals surface area contributed by atoms with Crippen molar-refractivity contribution >= 4 is 23.8 Å². The van der Waals surface area contributed by atoms with Crippen LogP contribution in [0.25, 0.3) is 0 Å². The molecule has 158 valence electrons. The summed E-state index contributed by atoms with van der Waals surface area (Å²) < 4.78 is 0. The SMILES string of the molecule is CC1[13CH](C(=O)N[13CH2][13CH2][13CH2][13CH2]NC(=O)ON2C(=O)CCC2=O)N([13CH3])[13CH2][13CH]([13CH3])N1[13CH3]. The van der Waals surface area contributed by atoms with Crippen molar-refractivity contribution in [3.05, 3.63) is 0 Å². The summed E-state index contributed by atoms with van der Waals surface area (Å²) in [7, 11) is 4.01. The molecule has 3 atom stereocenters. The minimum absolute atomic E-state index is 0.00665. The molecule has 10 heteroatoms. The van der Waals surface area contributed by atoms with Gasteiger partial charge in [0.15, 0.2) is 0 Å². The van der Waals surface area contributed by atoms with E-state index in [1.165, 1.54) is 0 Å². The molecule has 10 nitrogen and oxygen atoms in total. The summed E-state index contributed by atoms with van der Waals surface area (Å²) >= 11 is 0. The zero-order valence-corrected chi connectivity index (χ0v) is 17.1. The maximum atomic E-state index is 12.5. The molecule has 2 saturated heterocycles. The zero-order valence-electron chi connectivity index (χ0n) is 17.1. The maximum absolute atomic E-state index is 12.5. The van der Waals surface area contributed by atoms with Crippen LogP contribution >= 0.6 is 0 Å². The van der Waals surface area contributed by atoms with Crippen molar-refractivity contribution < 1.29 is 24.0 Å². The fourth-order valence-electron chi connectivity index (χ4n) is 3.60. The van der Waals surface area contributed by atoms with E-state index in [0.29, 0.717) is 37.0 Å². The standard InChI is InChI=1S/C18H31N5O5/c1-12-11-21(3)16(13(2)22(12)4)17(26)19-9-5-6-10-20-18(27)28-23-14(24)7-8-15(23)25/h12-13,16H,5-11H2,1-4H3,(H,19,26)(H,20,27)/i1+1,3+1,4+1,5+1,6+1,9+1,10+1,11+1,12+1,16+1. The predicted molar refractivity (Wildman–Crippen MR) is 101 cm³/mol. The van der Waals surface area contributed by atoms with Gasteiger partial charge in [0, 0.05) is 44.6 Å². The summed E-state index contributed by atoms with van der Waals surface area (Å²) in [5.41, 5.74) is 0. The second-order valence-corrected chi connectivity index (χ2v) is 7.53. The van der Waals surface area contributed by atoms with Crippen LogP contribution in [0.5, 0.6) is 0 Å². The lowest BCUT2D eigenvalue weighted by Gasteiger charge is -2.46. The normalized spacial score (nSPS) is 26.4. The number of nitrogens with one attached hydrogen (secondary N) is 2. The molecule has 2 fully saturated rings. The Labute approximate surface area is 165 Å². The van der Waals surface area contributed by atoms with Crippen LogP contribution in [0.1, 0.15) is 39.5 Å². The van der Waals surface area contributed by atoms with Crippen LogP contribution in [0.3, 0.4) is 0 Å². The Hall–Kier alpha value is -2.20. The summed E-state index contributed by atoms with van der Waals surface area (Å²) in [5.74, 6) is -1.01. The minimum Gasteiger partial charge on any atom is -0.355 e. The van der Waals surface area contributed by atoms with Gasteiger partial charge in [-0.1, -0.05) is 0 Å². The minimum atomic E-state index is -0.831. The molecule has 4 amide bonds. The van der Waals surface area contributed by atoms with Gasteiger partial charge in [0.05, 0.1) is 0 Å². The number of hydrogen-bond donors (Lipinski definition) is 2. The van der Waals surface area contributed by atoms with Gasteiger partial charge >= 0.3 is 6.09 Å². The fourth-order valence-corrected chi connectivity index (χ4v) is 3.60. The molecular formula is C18H31N5O5. The third-order valence-electron chi connectivity index (χ3n) is 5.44. The largest absolute Gasteiger partial charge is 0.432 e. The molecule has 0 saturated carbocycles. The lowest BCUT2D eigenvalue weighted by molar-refractivity contribution is -0.171. The Morgan fingerprint density at radius 3 is 2.21 bits per heavy atom. The topological polar surface area (TPSA) is 111 Å². The Bertz CT molecular complexity index is 597. The average Bonchev–Trinajstić information content (AvgIpc) is 2.94. The number of carbonyl (C=O) groups is 4. The predicted octanol–water partition coefficient (Wildman–Crippen LogP) is -0.304. The third kappa shape index (κ3) is 5.41. The fraction of sp³-hybridized carbons (Fsp3) is 0.778. The lowest BCUT2D eigenvalue weighted by atomic mass is 10.3. The van der Waals surface area contributed by atoms with Crippen LogP contribution in [0.2, 0.25) is 0 Å². The molecular weight excluding hydrogens is 376 g/mol. The van der Waals surface area contributed by atoms with Crippen molar-refractivity contribution in [3.8, 4) is 0 Å². The number of nitrogens with zero attached hydrogens (tertiary/aromatic N) is 3. The van der Waals surface area contributed by atoms with E-state index < -0.39 is 17.9 Å². The molecule has 3 unspecified atom stereocenters. The van der Waals surface area contributed by atoms with E-state index in [-0.39, 0.29) is 30.8 Å². The molecule has 2 aliphatic heterocycles. The summed E-state index contributed by atoms with van der Waals surface area (Å²) in [6.07, 6.45) is 0.613. The van der Waals surface area contributed by atoms with Crippen molar-refractivity contribution in [3.63, 3.8) is 0 Å². The Morgan fingerprint density at radius 1 is 1.04 bits per heavy atom. The third-order valence-corrected chi connectivity index (χ3v) is 5.44. The van der Waals surface area contributed by atoms with Gasteiger partial charge in [-0.2, -0.15) is 0 Å². The Balaban J connectivity index is 1.61. The van der Waals surface area contributed by atoms with Gasteiger partial charge in [-0.3, -0.25) is 24.2 Å². The smallest absolute Gasteiger partial charge is 0.355 e. The van der Waals surface area contributed by atoms with Gasteiger partial charge in [0.2, 0.25) is 5.91 Å². The van der Waals surface area contributed by atoms with E-state index in [1.807, 2.05) is 14.1 Å². The summed E-state index contributed by atoms with van der Waals surface area (Å²) in [6.45, 7) is 5.88. The van der Waals surface area contributed by atoms with E-state index in [4.69, 9.17) is 4.84 Å². The molecule has 0 aliphatic carbocycles. The highest BCUT2D eigenvalue weighted by Gasteiger charge is 2.38. The van der Waals surface area contributed by atoms with Crippen molar-refractivity contribution in [2.75, 3.05) is 33.7 Å². The van der Waals surface area contributed by atoms with Crippen LogP contribution in [0, 0.1) is 0 Å². The van der Waals surface area contributed by atoms with Crippen molar-refractivity contribution in [1.29, 1.82) is 0 Å². The summed E-state index contributed by atoms with van der Waals surface area (Å²) in [6, 6.07) is 0.340. The first-order chi connectivity index (χ1) is 13.2. The van der Waals surface area contributed by atoms with Crippen molar-refractivity contribution in [2.45, 2.75) is 57.7 Å². The monoisotopic (exact) mass is 407 g/mol. The van der Waals surface area contributed by atoms with Crippen LogP contribution < -0.4 is 10.6 Å². The van der Waals surface area contributed by atoms with Crippen LogP contribution in [0.4, 0.5) is 4.79 Å². The Morgan fingerprint density at radius 2 is 1.61 bits per heavy atom. The van der Waals surface area contributed by atoms with E-state index in [2.05, 4.69) is 34.3 Å². The van der Waals surface area contributed by atoms with Crippen molar-refractivity contribution in [1.82, 2.24) is 25.5 Å². The highest BCUT2D eigenvalue weighted by Crippen LogP contribution is 2.18. The van der Waals surface area contributed by atoms with E-state index in [1.54, 1.807) is 0 Å². The molecule has 0 bridgehead atoms. The summed E-state index contributed by atoms with van der Waals surface area (Å²) in [5, 5.41) is 5.96. The van der Waals surface area contributed by atoms with Crippen molar-refractivity contribution in [2.24, 2.45) is 0 Å². The molecule has 2 aliphatic rings. The van der Waals surface area contributed by atoms with Crippen LogP contribution in [-0.4, -0.2) is 90.5 Å². The molecule has 28 heavy (non-hydrogen) atoms. The lowest BCUT2D eigenvalue weighted by Crippen LogP contribution is -2.64. The molecule has 0 spiro atoms. The maximum Gasteiger partial charge on any atom is 0.432 e. The first-order valence-electron chi connectivity index (χ1n) is 9.73. The van der Waals surface area contributed by atoms with Gasteiger partial charge in [-0.25, -0.2) is 4.79 Å². The number of hydroxylamine groups is 2. The van der Waals surface area contributed by atoms with Crippen LogP contribution in [0.15, 0.2) is 0 Å². The number of piperazine rings is 1. The summed E-state index contributed by atoms with van der Waals surface area (Å²) in [4.78, 5) is 55.9. The van der Waals surface area contributed by atoms with Gasteiger partial charge in [-0.05, 0) is 40.8 Å². The van der Waals surface area contributed by atoms with Gasteiger partial charge < -0.3 is 15.5 Å².